The molecular weight excluding hydrogens is 260 g/mol. The average Bonchev–Trinajstić information content (AvgIpc) is 2.19. The molecular formula is C11H16O6S. The molecule has 1 fully saturated rings. The molecule has 1 aliphatic heterocycles. The average molecular weight is 276 g/mol. The third-order valence-electron chi connectivity index (χ3n) is 2.22. The molecule has 0 aliphatic carbocycles. The summed E-state index contributed by atoms with van der Waals surface area (Å²) >= 11 is 1.36. The van der Waals surface area contributed by atoms with E-state index in [9.17, 15) is 14.4 Å². The summed E-state index contributed by atoms with van der Waals surface area (Å²) in [6, 6.07) is 0. The van der Waals surface area contributed by atoms with Crippen LogP contribution in [0.4, 0.5) is 0 Å². The molecule has 7 heteroatoms. The number of carbonyl (C=O) groups is 3. The Bertz CT molecular complexity index is 342. The van der Waals surface area contributed by atoms with Crippen LogP contribution in [0, 0.1) is 0 Å². The molecule has 1 rings (SSSR count). The van der Waals surface area contributed by atoms with Crippen molar-refractivity contribution in [3.05, 3.63) is 0 Å². The number of rotatable bonds is 3. The van der Waals surface area contributed by atoms with Gasteiger partial charge < -0.3 is 14.2 Å². The van der Waals surface area contributed by atoms with E-state index in [0.717, 1.165) is 0 Å². The second-order valence-corrected chi connectivity index (χ2v) is 5.10. The summed E-state index contributed by atoms with van der Waals surface area (Å²) in [7, 11) is 0. The Hall–Kier alpha value is -1.24. The third kappa shape index (κ3) is 4.95. The molecule has 0 aromatic carbocycles. The van der Waals surface area contributed by atoms with Crippen LogP contribution in [-0.2, 0) is 28.6 Å². The van der Waals surface area contributed by atoms with E-state index < -0.39 is 24.1 Å². The number of thioether (sulfide) groups is 1. The highest BCUT2D eigenvalue weighted by atomic mass is 32.2. The zero-order valence-electron chi connectivity index (χ0n) is 10.5. The van der Waals surface area contributed by atoms with E-state index in [0.29, 0.717) is 12.2 Å². The molecule has 0 aromatic heterocycles. The summed E-state index contributed by atoms with van der Waals surface area (Å²) < 4.78 is 15.2. The molecule has 0 spiro atoms. The minimum absolute atomic E-state index is 0.321. The predicted octanol–water partition coefficient (Wildman–Crippen LogP) is 0.876. The second kappa shape index (κ2) is 6.63. The lowest BCUT2D eigenvalue weighted by atomic mass is 10.1. The number of esters is 3. The molecule has 0 unspecified atom stereocenters. The van der Waals surface area contributed by atoms with Crippen LogP contribution < -0.4 is 0 Å². The standard InChI is InChI=1S/C11H16O6S/c1-6(12)15-9-4-11(17-8(3)14)18-5-10(9)16-7(2)13/h9-11H,4-5H2,1-3H3/t9-,10+,11-/m0/s1. The Balaban J connectivity index is 2.62. The first-order chi connectivity index (χ1) is 8.38. The van der Waals surface area contributed by atoms with E-state index in [-0.39, 0.29) is 11.4 Å². The molecule has 18 heavy (non-hydrogen) atoms. The maximum absolute atomic E-state index is 11.0. The summed E-state index contributed by atoms with van der Waals surface area (Å²) in [5.41, 5.74) is -0.376. The van der Waals surface area contributed by atoms with Crippen LogP contribution in [0.15, 0.2) is 0 Å². The lowest BCUT2D eigenvalue weighted by Crippen LogP contribution is -2.43. The van der Waals surface area contributed by atoms with Gasteiger partial charge in [0.15, 0.2) is 5.44 Å². The van der Waals surface area contributed by atoms with Crippen molar-refractivity contribution in [3.63, 3.8) is 0 Å². The smallest absolute Gasteiger partial charge is 0.303 e. The van der Waals surface area contributed by atoms with E-state index in [1.807, 2.05) is 0 Å². The zero-order chi connectivity index (χ0) is 13.7. The first-order valence-electron chi connectivity index (χ1n) is 5.51. The van der Waals surface area contributed by atoms with Crippen molar-refractivity contribution in [2.45, 2.75) is 44.8 Å². The van der Waals surface area contributed by atoms with Gasteiger partial charge in [0, 0.05) is 32.9 Å². The molecule has 0 saturated carbocycles. The molecule has 3 atom stereocenters. The second-order valence-electron chi connectivity index (χ2n) is 3.90. The highest BCUT2D eigenvalue weighted by Gasteiger charge is 2.36. The molecule has 0 aromatic rings. The van der Waals surface area contributed by atoms with Crippen molar-refractivity contribution >= 4 is 29.7 Å². The van der Waals surface area contributed by atoms with Gasteiger partial charge in [0.25, 0.3) is 0 Å². The van der Waals surface area contributed by atoms with Crippen molar-refractivity contribution < 1.29 is 28.6 Å². The Morgan fingerprint density at radius 3 is 1.89 bits per heavy atom. The van der Waals surface area contributed by atoms with Crippen LogP contribution in [0.3, 0.4) is 0 Å². The normalized spacial score (nSPS) is 27.2. The van der Waals surface area contributed by atoms with Crippen LogP contribution in [0.25, 0.3) is 0 Å². The van der Waals surface area contributed by atoms with Gasteiger partial charge in [0.05, 0.1) is 0 Å². The lowest BCUT2D eigenvalue weighted by Gasteiger charge is -2.33. The van der Waals surface area contributed by atoms with Gasteiger partial charge in [0.1, 0.15) is 12.2 Å². The SMILES string of the molecule is CC(=O)O[C@H]1C[C@@H](OC(C)=O)SC[C@H]1OC(C)=O. The summed E-state index contributed by atoms with van der Waals surface area (Å²) in [6.45, 7) is 3.90. The van der Waals surface area contributed by atoms with Crippen LogP contribution in [0.1, 0.15) is 27.2 Å². The Labute approximate surface area is 109 Å². The van der Waals surface area contributed by atoms with Gasteiger partial charge in [-0.2, -0.15) is 0 Å². The quantitative estimate of drug-likeness (QED) is 0.559. The van der Waals surface area contributed by atoms with E-state index in [1.165, 1.54) is 32.5 Å². The van der Waals surface area contributed by atoms with Gasteiger partial charge in [-0.05, 0) is 0 Å². The van der Waals surface area contributed by atoms with E-state index in [2.05, 4.69) is 0 Å². The molecule has 0 radical (unpaired) electrons. The van der Waals surface area contributed by atoms with Crippen LogP contribution in [0.5, 0.6) is 0 Å². The Kier molecular flexibility index (Phi) is 5.46. The van der Waals surface area contributed by atoms with Gasteiger partial charge in [-0.1, -0.05) is 0 Å². The highest BCUT2D eigenvalue weighted by molar-refractivity contribution is 7.99. The maximum atomic E-state index is 11.0. The molecule has 102 valence electrons. The monoisotopic (exact) mass is 276 g/mol. The molecule has 0 amide bonds. The van der Waals surface area contributed by atoms with E-state index in [4.69, 9.17) is 14.2 Å². The van der Waals surface area contributed by atoms with E-state index in [1.54, 1.807) is 0 Å². The summed E-state index contributed by atoms with van der Waals surface area (Å²) in [5.74, 6) is -0.843. The molecule has 0 bridgehead atoms. The molecule has 1 saturated heterocycles. The Morgan fingerprint density at radius 2 is 1.39 bits per heavy atom. The van der Waals surface area contributed by atoms with Gasteiger partial charge in [0.2, 0.25) is 0 Å². The number of hydrogen-bond donors (Lipinski definition) is 0. The highest BCUT2D eigenvalue weighted by Crippen LogP contribution is 2.30. The third-order valence-corrected chi connectivity index (χ3v) is 3.40. The minimum atomic E-state index is -0.572. The van der Waals surface area contributed by atoms with Gasteiger partial charge in [-0.25, -0.2) is 0 Å². The van der Waals surface area contributed by atoms with Gasteiger partial charge in [-0.15, -0.1) is 11.8 Å². The molecule has 1 aliphatic rings. The largest absolute Gasteiger partial charge is 0.458 e. The number of ether oxygens (including phenoxy) is 3. The first kappa shape index (κ1) is 14.8. The fourth-order valence-corrected chi connectivity index (χ4v) is 2.86. The topological polar surface area (TPSA) is 78.9 Å². The Morgan fingerprint density at radius 1 is 0.889 bits per heavy atom. The lowest BCUT2D eigenvalue weighted by molar-refractivity contribution is -0.167. The predicted molar refractivity (Wildman–Crippen MR) is 63.7 cm³/mol. The van der Waals surface area contributed by atoms with Crippen LogP contribution in [-0.4, -0.2) is 41.3 Å². The molecule has 0 N–H and O–H groups in total. The zero-order valence-corrected chi connectivity index (χ0v) is 11.3. The van der Waals surface area contributed by atoms with Gasteiger partial charge >= 0.3 is 17.9 Å². The summed E-state index contributed by atoms with van der Waals surface area (Å²) in [6.07, 6.45) is -0.748. The van der Waals surface area contributed by atoms with Gasteiger partial charge in [-0.3, -0.25) is 14.4 Å². The van der Waals surface area contributed by atoms with Crippen molar-refractivity contribution in [1.29, 1.82) is 0 Å². The fourth-order valence-electron chi connectivity index (χ4n) is 1.65. The minimum Gasteiger partial charge on any atom is -0.458 e. The van der Waals surface area contributed by atoms with Crippen molar-refractivity contribution in [2.24, 2.45) is 0 Å². The molecule has 6 nitrogen and oxygen atoms in total. The first-order valence-corrected chi connectivity index (χ1v) is 6.56. The van der Waals surface area contributed by atoms with Crippen LogP contribution >= 0.6 is 11.8 Å². The maximum Gasteiger partial charge on any atom is 0.303 e. The number of carbonyl (C=O) groups excluding carboxylic acids is 3. The van der Waals surface area contributed by atoms with Crippen molar-refractivity contribution in [1.82, 2.24) is 0 Å². The van der Waals surface area contributed by atoms with Crippen molar-refractivity contribution in [3.8, 4) is 0 Å². The molecule has 1 heterocycles. The summed E-state index contributed by atoms with van der Waals surface area (Å²) in [4.78, 5) is 32.8. The van der Waals surface area contributed by atoms with E-state index >= 15 is 0 Å². The van der Waals surface area contributed by atoms with Crippen LogP contribution in [0.2, 0.25) is 0 Å². The number of hydrogen-bond acceptors (Lipinski definition) is 7. The fraction of sp³-hybridized carbons (Fsp3) is 0.727. The summed E-state index contributed by atoms with van der Waals surface area (Å²) in [5, 5.41) is 0. The van der Waals surface area contributed by atoms with Crippen molar-refractivity contribution in [2.75, 3.05) is 5.75 Å².